The van der Waals surface area contributed by atoms with Gasteiger partial charge in [0.25, 0.3) is 0 Å². The number of benzene rings is 2. The predicted molar refractivity (Wildman–Crippen MR) is 82.2 cm³/mol. The summed E-state index contributed by atoms with van der Waals surface area (Å²) in [5.74, 6) is 0.819. The van der Waals surface area contributed by atoms with Crippen molar-refractivity contribution in [2.24, 2.45) is 0 Å². The molecule has 1 N–H and O–H groups in total. The lowest BCUT2D eigenvalue weighted by Gasteiger charge is -2.05. The van der Waals surface area contributed by atoms with E-state index in [9.17, 15) is 0 Å². The molecule has 4 aromatic rings. The van der Waals surface area contributed by atoms with E-state index < -0.39 is 0 Å². The Morgan fingerprint density at radius 3 is 2.76 bits per heavy atom. The Morgan fingerprint density at radius 1 is 0.952 bits per heavy atom. The van der Waals surface area contributed by atoms with Gasteiger partial charge in [0.05, 0.1) is 17.4 Å². The van der Waals surface area contributed by atoms with E-state index in [0.29, 0.717) is 6.61 Å². The van der Waals surface area contributed by atoms with E-state index in [-0.39, 0.29) is 0 Å². The normalized spacial score (nSPS) is 11.0. The summed E-state index contributed by atoms with van der Waals surface area (Å²) in [6.45, 7) is 0.416. The molecule has 0 fully saturated rings. The number of hydrogen-bond donors (Lipinski definition) is 1. The fraction of sp³-hybridized carbons (Fsp3) is 0.0588. The highest BCUT2D eigenvalue weighted by atomic mass is 16.5. The van der Waals surface area contributed by atoms with Crippen LogP contribution in [0, 0.1) is 0 Å². The highest BCUT2D eigenvalue weighted by Crippen LogP contribution is 2.28. The van der Waals surface area contributed by atoms with Gasteiger partial charge in [-0.25, -0.2) is 0 Å². The maximum atomic E-state index is 5.77. The van der Waals surface area contributed by atoms with Gasteiger partial charge in [-0.1, -0.05) is 18.2 Å². The average Bonchev–Trinajstić information content (AvgIpc) is 2.91. The van der Waals surface area contributed by atoms with Crippen molar-refractivity contribution in [2.75, 3.05) is 0 Å². The summed E-state index contributed by atoms with van der Waals surface area (Å²) in [5.41, 5.74) is 3.03. The molecule has 2 aromatic heterocycles. The van der Waals surface area contributed by atoms with Crippen LogP contribution in [0.2, 0.25) is 0 Å². The zero-order valence-corrected chi connectivity index (χ0v) is 11.3. The number of nitrogens with one attached hydrogen (secondary N) is 1. The molecule has 0 aliphatic rings. The maximum Gasteiger partial charge on any atom is 0.132 e. The van der Waals surface area contributed by atoms with Crippen molar-refractivity contribution in [2.45, 2.75) is 6.61 Å². The third-order valence-corrected chi connectivity index (χ3v) is 3.48. The number of fused-ring (bicyclic) bond motifs is 3. The predicted octanol–water partition coefficient (Wildman–Crippen LogP) is 3.69. The minimum atomic E-state index is 0.416. The van der Waals surface area contributed by atoms with E-state index in [0.717, 1.165) is 22.5 Å². The van der Waals surface area contributed by atoms with Crippen molar-refractivity contribution in [3.05, 3.63) is 66.7 Å². The Kier molecular flexibility index (Phi) is 2.78. The van der Waals surface area contributed by atoms with E-state index in [2.05, 4.69) is 33.2 Å². The molecule has 0 bridgehead atoms. The molecule has 4 heteroatoms. The fourth-order valence-electron chi connectivity index (χ4n) is 2.49. The van der Waals surface area contributed by atoms with Gasteiger partial charge < -0.3 is 9.72 Å². The molecule has 0 spiro atoms. The van der Waals surface area contributed by atoms with Crippen LogP contribution in [0.1, 0.15) is 5.69 Å². The van der Waals surface area contributed by atoms with Crippen LogP contribution < -0.4 is 4.74 Å². The number of ether oxygens (including phenoxy) is 1. The fourth-order valence-corrected chi connectivity index (χ4v) is 2.49. The molecule has 0 saturated carbocycles. The number of nitrogens with zero attached hydrogens (tertiary/aromatic N) is 2. The Hall–Kier alpha value is -2.88. The summed E-state index contributed by atoms with van der Waals surface area (Å²) >= 11 is 0. The summed E-state index contributed by atoms with van der Waals surface area (Å²) in [7, 11) is 0. The lowest BCUT2D eigenvalue weighted by atomic mass is 10.1. The molecule has 0 aliphatic heterocycles. The molecule has 0 saturated heterocycles. The summed E-state index contributed by atoms with van der Waals surface area (Å²) in [6, 6.07) is 14.4. The van der Waals surface area contributed by atoms with Crippen molar-refractivity contribution < 1.29 is 4.74 Å². The topological polar surface area (TPSA) is 50.8 Å². The SMILES string of the molecule is c1ccc2c(c1)[nH]c1cc(OCc3cnccn3)ccc12. The molecule has 0 amide bonds. The summed E-state index contributed by atoms with van der Waals surface area (Å²) < 4.78 is 5.77. The second-order valence-electron chi connectivity index (χ2n) is 4.86. The lowest BCUT2D eigenvalue weighted by Crippen LogP contribution is -1.98. The van der Waals surface area contributed by atoms with Gasteiger partial charge in [0.1, 0.15) is 12.4 Å². The minimum absolute atomic E-state index is 0.416. The van der Waals surface area contributed by atoms with Crippen LogP contribution >= 0.6 is 0 Å². The number of aromatic amines is 1. The molecule has 4 rings (SSSR count). The molecule has 21 heavy (non-hydrogen) atoms. The average molecular weight is 275 g/mol. The van der Waals surface area contributed by atoms with E-state index in [1.165, 1.54) is 10.8 Å². The van der Waals surface area contributed by atoms with Crippen LogP contribution in [0.5, 0.6) is 5.75 Å². The van der Waals surface area contributed by atoms with Gasteiger partial charge in [0, 0.05) is 34.7 Å². The quantitative estimate of drug-likeness (QED) is 0.620. The van der Waals surface area contributed by atoms with Crippen LogP contribution in [0.3, 0.4) is 0 Å². The molecule has 102 valence electrons. The molecule has 2 aromatic carbocycles. The van der Waals surface area contributed by atoms with Crippen LogP contribution in [-0.4, -0.2) is 15.0 Å². The number of hydrogen-bond acceptors (Lipinski definition) is 3. The first-order valence-corrected chi connectivity index (χ1v) is 6.78. The molecule has 4 nitrogen and oxygen atoms in total. The Balaban J connectivity index is 1.66. The van der Waals surface area contributed by atoms with Gasteiger partial charge in [0.15, 0.2) is 0 Å². The second kappa shape index (κ2) is 4.90. The molecule has 2 heterocycles. The van der Waals surface area contributed by atoms with Crippen LogP contribution in [0.4, 0.5) is 0 Å². The minimum Gasteiger partial charge on any atom is -0.487 e. The second-order valence-corrected chi connectivity index (χ2v) is 4.86. The van der Waals surface area contributed by atoms with E-state index in [4.69, 9.17) is 4.74 Å². The Bertz CT molecular complexity index is 900. The summed E-state index contributed by atoms with van der Waals surface area (Å²) in [6.07, 6.45) is 5.03. The van der Waals surface area contributed by atoms with Gasteiger partial charge in [0.2, 0.25) is 0 Å². The van der Waals surface area contributed by atoms with Gasteiger partial charge in [-0.15, -0.1) is 0 Å². The molecular weight excluding hydrogens is 262 g/mol. The Labute approximate surface area is 121 Å². The zero-order valence-electron chi connectivity index (χ0n) is 11.3. The molecular formula is C17H13N3O. The number of H-pyrrole nitrogens is 1. The van der Waals surface area contributed by atoms with Crippen molar-refractivity contribution in [1.82, 2.24) is 15.0 Å². The Morgan fingerprint density at radius 2 is 1.86 bits per heavy atom. The molecule has 0 atom stereocenters. The number of aromatic nitrogens is 3. The standard InChI is InChI=1S/C17H13N3O/c1-2-4-16-14(3-1)15-6-5-13(9-17(15)20-16)21-11-12-10-18-7-8-19-12/h1-10,20H,11H2. The van der Waals surface area contributed by atoms with Gasteiger partial charge >= 0.3 is 0 Å². The largest absolute Gasteiger partial charge is 0.487 e. The summed E-state index contributed by atoms with van der Waals surface area (Å²) in [5, 5.41) is 2.44. The van der Waals surface area contributed by atoms with E-state index >= 15 is 0 Å². The number of rotatable bonds is 3. The van der Waals surface area contributed by atoms with Crippen LogP contribution in [0.15, 0.2) is 61.1 Å². The van der Waals surface area contributed by atoms with Crippen LogP contribution in [-0.2, 0) is 6.61 Å². The van der Waals surface area contributed by atoms with Crippen LogP contribution in [0.25, 0.3) is 21.8 Å². The van der Waals surface area contributed by atoms with Crippen molar-refractivity contribution >= 4 is 21.8 Å². The third kappa shape index (κ3) is 2.21. The first kappa shape index (κ1) is 11.9. The summed E-state index contributed by atoms with van der Waals surface area (Å²) in [4.78, 5) is 11.6. The highest BCUT2D eigenvalue weighted by molar-refractivity contribution is 6.07. The first-order chi connectivity index (χ1) is 10.4. The van der Waals surface area contributed by atoms with Crippen molar-refractivity contribution in [3.8, 4) is 5.75 Å². The smallest absolute Gasteiger partial charge is 0.132 e. The molecule has 0 aliphatic carbocycles. The lowest BCUT2D eigenvalue weighted by molar-refractivity contribution is 0.301. The maximum absolute atomic E-state index is 5.77. The third-order valence-electron chi connectivity index (χ3n) is 3.48. The van der Waals surface area contributed by atoms with Gasteiger partial charge in [-0.3, -0.25) is 9.97 Å². The van der Waals surface area contributed by atoms with Crippen molar-refractivity contribution in [3.63, 3.8) is 0 Å². The molecule has 0 unspecified atom stereocenters. The van der Waals surface area contributed by atoms with E-state index in [1.807, 2.05) is 24.3 Å². The first-order valence-electron chi connectivity index (χ1n) is 6.78. The monoisotopic (exact) mass is 275 g/mol. The van der Waals surface area contributed by atoms with Gasteiger partial charge in [-0.05, 0) is 18.2 Å². The number of para-hydroxylation sites is 1. The zero-order chi connectivity index (χ0) is 14.1. The van der Waals surface area contributed by atoms with Gasteiger partial charge in [-0.2, -0.15) is 0 Å². The van der Waals surface area contributed by atoms with Crippen molar-refractivity contribution in [1.29, 1.82) is 0 Å². The highest BCUT2D eigenvalue weighted by Gasteiger charge is 2.05. The molecule has 0 radical (unpaired) electrons. The van der Waals surface area contributed by atoms with E-state index in [1.54, 1.807) is 18.6 Å².